The molecule has 1 aromatic carbocycles. The van der Waals surface area contributed by atoms with Crippen molar-refractivity contribution in [2.24, 2.45) is 0 Å². The molecule has 8 heteroatoms. The van der Waals surface area contributed by atoms with E-state index < -0.39 is 23.7 Å². The molecule has 0 radical (unpaired) electrons. The predicted octanol–water partition coefficient (Wildman–Crippen LogP) is 2.39. The van der Waals surface area contributed by atoms with Gasteiger partial charge >= 0.3 is 6.18 Å². The molecule has 1 unspecified atom stereocenters. The highest BCUT2D eigenvalue weighted by Gasteiger charge is 2.34. The van der Waals surface area contributed by atoms with Gasteiger partial charge in [-0.2, -0.15) is 13.2 Å². The lowest BCUT2D eigenvalue weighted by Crippen LogP contribution is -2.49. The SMILES string of the molecule is O=C(Nc1ccc(Br)cc1C(F)(F)F)C1COCCN1. The second kappa shape index (κ2) is 6.11. The summed E-state index contributed by atoms with van der Waals surface area (Å²) >= 11 is 2.99. The second-order valence-corrected chi connectivity index (χ2v) is 5.17. The largest absolute Gasteiger partial charge is 0.418 e. The van der Waals surface area contributed by atoms with Crippen molar-refractivity contribution in [3.8, 4) is 0 Å². The molecule has 20 heavy (non-hydrogen) atoms. The molecule has 0 aromatic heterocycles. The van der Waals surface area contributed by atoms with Gasteiger partial charge in [-0.3, -0.25) is 4.79 Å². The zero-order valence-electron chi connectivity index (χ0n) is 10.3. The zero-order chi connectivity index (χ0) is 14.8. The first kappa shape index (κ1) is 15.3. The van der Waals surface area contributed by atoms with E-state index >= 15 is 0 Å². The summed E-state index contributed by atoms with van der Waals surface area (Å²) in [6.07, 6.45) is -4.54. The third-order valence-electron chi connectivity index (χ3n) is 2.78. The third-order valence-corrected chi connectivity index (χ3v) is 3.28. The summed E-state index contributed by atoms with van der Waals surface area (Å²) in [6, 6.07) is 2.94. The van der Waals surface area contributed by atoms with Gasteiger partial charge in [0.25, 0.3) is 0 Å². The lowest BCUT2D eigenvalue weighted by atomic mass is 10.1. The van der Waals surface area contributed by atoms with Gasteiger partial charge in [0, 0.05) is 11.0 Å². The Labute approximate surface area is 121 Å². The number of anilines is 1. The first-order chi connectivity index (χ1) is 9.38. The van der Waals surface area contributed by atoms with Gasteiger partial charge < -0.3 is 15.4 Å². The van der Waals surface area contributed by atoms with Crippen molar-refractivity contribution in [3.05, 3.63) is 28.2 Å². The Bertz CT molecular complexity index is 502. The molecule has 1 aliphatic rings. The molecule has 4 nitrogen and oxygen atoms in total. The van der Waals surface area contributed by atoms with Crippen molar-refractivity contribution in [1.82, 2.24) is 5.32 Å². The van der Waals surface area contributed by atoms with Crippen LogP contribution < -0.4 is 10.6 Å². The second-order valence-electron chi connectivity index (χ2n) is 4.26. The molecule has 1 amide bonds. The van der Waals surface area contributed by atoms with Gasteiger partial charge in [0.05, 0.1) is 24.5 Å². The number of hydrogen-bond acceptors (Lipinski definition) is 3. The van der Waals surface area contributed by atoms with Crippen LogP contribution in [-0.4, -0.2) is 31.7 Å². The number of halogens is 4. The van der Waals surface area contributed by atoms with Crippen LogP contribution in [0.4, 0.5) is 18.9 Å². The number of rotatable bonds is 2. The van der Waals surface area contributed by atoms with Crippen LogP contribution in [0, 0.1) is 0 Å². The van der Waals surface area contributed by atoms with E-state index in [4.69, 9.17) is 4.74 Å². The van der Waals surface area contributed by atoms with Crippen LogP contribution in [0.1, 0.15) is 5.56 Å². The van der Waals surface area contributed by atoms with Crippen LogP contribution in [-0.2, 0) is 15.7 Å². The summed E-state index contributed by atoms with van der Waals surface area (Å²) in [5.41, 5.74) is -1.16. The van der Waals surface area contributed by atoms with Crippen molar-refractivity contribution in [3.63, 3.8) is 0 Å². The Kier molecular flexibility index (Phi) is 4.66. The number of carbonyl (C=O) groups excluding carboxylic acids is 1. The maximum absolute atomic E-state index is 12.9. The maximum atomic E-state index is 12.9. The molecule has 1 saturated heterocycles. The number of morpholine rings is 1. The molecule has 1 fully saturated rings. The predicted molar refractivity (Wildman–Crippen MR) is 70.4 cm³/mol. The highest BCUT2D eigenvalue weighted by molar-refractivity contribution is 9.10. The third kappa shape index (κ3) is 3.71. The van der Waals surface area contributed by atoms with E-state index in [1.807, 2.05) is 0 Å². The summed E-state index contributed by atoms with van der Waals surface area (Å²) in [6.45, 7) is 1.12. The fourth-order valence-electron chi connectivity index (χ4n) is 1.81. The van der Waals surface area contributed by atoms with E-state index in [2.05, 4.69) is 26.6 Å². The minimum Gasteiger partial charge on any atom is -0.378 e. The minimum absolute atomic E-state index is 0.143. The summed E-state index contributed by atoms with van der Waals surface area (Å²) < 4.78 is 44.1. The number of carbonyl (C=O) groups is 1. The van der Waals surface area contributed by atoms with E-state index in [0.717, 1.165) is 6.07 Å². The van der Waals surface area contributed by atoms with Crippen molar-refractivity contribution in [2.75, 3.05) is 25.1 Å². The molecule has 2 rings (SSSR count). The van der Waals surface area contributed by atoms with Gasteiger partial charge in [-0.1, -0.05) is 15.9 Å². The van der Waals surface area contributed by atoms with Crippen LogP contribution in [0.3, 0.4) is 0 Å². The van der Waals surface area contributed by atoms with Crippen molar-refractivity contribution < 1.29 is 22.7 Å². The van der Waals surface area contributed by atoms with Crippen LogP contribution in [0.5, 0.6) is 0 Å². The molecule has 0 spiro atoms. The van der Waals surface area contributed by atoms with Gasteiger partial charge in [0.1, 0.15) is 6.04 Å². The topological polar surface area (TPSA) is 50.4 Å². The molecule has 0 aliphatic carbocycles. The van der Waals surface area contributed by atoms with Gasteiger partial charge in [-0.15, -0.1) is 0 Å². The Hall–Kier alpha value is -1.12. The van der Waals surface area contributed by atoms with Gasteiger partial charge in [-0.05, 0) is 18.2 Å². The van der Waals surface area contributed by atoms with Gasteiger partial charge in [0.15, 0.2) is 0 Å². The lowest BCUT2D eigenvalue weighted by Gasteiger charge is -2.23. The number of ether oxygens (including phenoxy) is 1. The van der Waals surface area contributed by atoms with E-state index in [-0.39, 0.29) is 12.3 Å². The molecule has 110 valence electrons. The molecule has 2 N–H and O–H groups in total. The van der Waals surface area contributed by atoms with Crippen molar-refractivity contribution in [2.45, 2.75) is 12.2 Å². The van der Waals surface area contributed by atoms with Crippen molar-refractivity contribution >= 4 is 27.5 Å². The molecular formula is C12H12BrF3N2O2. The standard InChI is InChI=1S/C12H12BrF3N2O2/c13-7-1-2-9(8(5-7)12(14,15)16)18-11(19)10-6-20-4-3-17-10/h1-2,5,10,17H,3-4,6H2,(H,18,19). The number of benzene rings is 1. The first-order valence-electron chi connectivity index (χ1n) is 5.86. The lowest BCUT2D eigenvalue weighted by molar-refractivity contribution is -0.137. The molecule has 1 atom stereocenters. The highest BCUT2D eigenvalue weighted by Crippen LogP contribution is 2.36. The van der Waals surface area contributed by atoms with Gasteiger partial charge in [0.2, 0.25) is 5.91 Å². The van der Waals surface area contributed by atoms with Crippen LogP contribution >= 0.6 is 15.9 Å². The van der Waals surface area contributed by atoms with E-state index in [1.54, 1.807) is 0 Å². The van der Waals surface area contributed by atoms with Crippen LogP contribution in [0.25, 0.3) is 0 Å². The molecule has 0 saturated carbocycles. The maximum Gasteiger partial charge on any atom is 0.418 e. The number of nitrogens with one attached hydrogen (secondary N) is 2. The first-order valence-corrected chi connectivity index (χ1v) is 6.66. The zero-order valence-corrected chi connectivity index (χ0v) is 11.8. The van der Waals surface area contributed by atoms with Gasteiger partial charge in [-0.25, -0.2) is 0 Å². The summed E-state index contributed by atoms with van der Waals surface area (Å²) in [4.78, 5) is 11.9. The molecular weight excluding hydrogens is 341 g/mol. The summed E-state index contributed by atoms with van der Waals surface area (Å²) in [7, 11) is 0. The fraction of sp³-hybridized carbons (Fsp3) is 0.417. The Balaban J connectivity index is 2.18. The highest BCUT2D eigenvalue weighted by atomic mass is 79.9. The monoisotopic (exact) mass is 352 g/mol. The van der Waals surface area contributed by atoms with E-state index in [0.29, 0.717) is 17.6 Å². The van der Waals surface area contributed by atoms with Crippen molar-refractivity contribution in [1.29, 1.82) is 0 Å². The fourth-order valence-corrected chi connectivity index (χ4v) is 2.17. The summed E-state index contributed by atoms with van der Waals surface area (Å²) in [5, 5.41) is 5.17. The number of hydrogen-bond donors (Lipinski definition) is 2. The average Bonchev–Trinajstić information content (AvgIpc) is 2.40. The molecule has 1 aromatic rings. The number of alkyl halides is 3. The Morgan fingerprint density at radius 2 is 2.20 bits per heavy atom. The smallest absolute Gasteiger partial charge is 0.378 e. The van der Waals surface area contributed by atoms with Crippen LogP contribution in [0.15, 0.2) is 22.7 Å². The average molecular weight is 353 g/mol. The Morgan fingerprint density at radius 1 is 1.45 bits per heavy atom. The normalized spacial score (nSPS) is 19.7. The Morgan fingerprint density at radius 3 is 2.80 bits per heavy atom. The minimum atomic E-state index is -4.54. The molecule has 1 heterocycles. The van der Waals surface area contributed by atoms with Crippen LogP contribution in [0.2, 0.25) is 0 Å². The van der Waals surface area contributed by atoms with E-state index in [1.165, 1.54) is 12.1 Å². The quantitative estimate of drug-likeness (QED) is 0.859. The molecule has 0 bridgehead atoms. The van der Waals surface area contributed by atoms with E-state index in [9.17, 15) is 18.0 Å². The number of amides is 1. The molecule has 1 aliphatic heterocycles. The summed E-state index contributed by atoms with van der Waals surface area (Å²) in [5.74, 6) is -0.544.